The first-order valence-electron chi connectivity index (χ1n) is 6.75. The van der Waals surface area contributed by atoms with Gasteiger partial charge in [-0.1, -0.05) is 13.8 Å². The van der Waals surface area contributed by atoms with E-state index in [1.807, 2.05) is 13.8 Å². The SMILES string of the molecule is CCOC(=O)c1oc(-c2ccc(C#N)cc2)nc1C(C)C. The molecule has 5 nitrogen and oxygen atoms in total. The maximum absolute atomic E-state index is 11.9. The Morgan fingerprint density at radius 1 is 1.38 bits per heavy atom. The number of aromatic nitrogens is 1. The number of carbonyl (C=O) groups excluding carboxylic acids is 1. The number of carbonyl (C=O) groups is 1. The maximum Gasteiger partial charge on any atom is 0.376 e. The van der Waals surface area contributed by atoms with Crippen LogP contribution in [0.4, 0.5) is 0 Å². The Hall–Kier alpha value is -2.61. The monoisotopic (exact) mass is 284 g/mol. The van der Waals surface area contributed by atoms with E-state index in [9.17, 15) is 4.79 Å². The van der Waals surface area contributed by atoms with Gasteiger partial charge in [-0.3, -0.25) is 0 Å². The van der Waals surface area contributed by atoms with Crippen LogP contribution in [0, 0.1) is 11.3 Å². The van der Waals surface area contributed by atoms with Gasteiger partial charge < -0.3 is 9.15 Å². The Morgan fingerprint density at radius 3 is 2.57 bits per heavy atom. The van der Waals surface area contributed by atoms with E-state index >= 15 is 0 Å². The van der Waals surface area contributed by atoms with E-state index in [2.05, 4.69) is 11.1 Å². The Morgan fingerprint density at radius 2 is 2.05 bits per heavy atom. The zero-order valence-electron chi connectivity index (χ0n) is 12.2. The molecule has 0 radical (unpaired) electrons. The van der Waals surface area contributed by atoms with Crippen molar-refractivity contribution in [2.45, 2.75) is 26.7 Å². The van der Waals surface area contributed by atoms with Crippen LogP contribution in [0.25, 0.3) is 11.5 Å². The van der Waals surface area contributed by atoms with Gasteiger partial charge in [0.25, 0.3) is 0 Å². The van der Waals surface area contributed by atoms with Crippen LogP contribution in [0.15, 0.2) is 28.7 Å². The largest absolute Gasteiger partial charge is 0.460 e. The molecule has 0 aliphatic heterocycles. The second-order valence-electron chi connectivity index (χ2n) is 4.80. The van der Waals surface area contributed by atoms with Crippen molar-refractivity contribution >= 4 is 5.97 Å². The summed E-state index contributed by atoms with van der Waals surface area (Å²) in [6, 6.07) is 8.89. The molecule has 5 heteroatoms. The summed E-state index contributed by atoms with van der Waals surface area (Å²) in [5.41, 5.74) is 1.85. The van der Waals surface area contributed by atoms with Crippen LogP contribution >= 0.6 is 0 Å². The highest BCUT2D eigenvalue weighted by atomic mass is 16.5. The lowest BCUT2D eigenvalue weighted by molar-refractivity contribution is 0.0488. The lowest BCUT2D eigenvalue weighted by atomic mass is 10.1. The molecule has 0 saturated carbocycles. The number of esters is 1. The summed E-state index contributed by atoms with van der Waals surface area (Å²) in [4.78, 5) is 16.3. The maximum atomic E-state index is 11.9. The average molecular weight is 284 g/mol. The van der Waals surface area contributed by atoms with Crippen LogP contribution in [-0.4, -0.2) is 17.6 Å². The third-order valence-electron chi connectivity index (χ3n) is 2.92. The summed E-state index contributed by atoms with van der Waals surface area (Å²) in [5, 5.41) is 8.80. The highest BCUT2D eigenvalue weighted by Gasteiger charge is 2.24. The van der Waals surface area contributed by atoms with E-state index in [0.29, 0.717) is 22.7 Å². The zero-order chi connectivity index (χ0) is 15.4. The number of oxazole rings is 1. The molecule has 0 aliphatic rings. The van der Waals surface area contributed by atoms with Crippen LogP contribution in [-0.2, 0) is 4.74 Å². The highest BCUT2D eigenvalue weighted by Crippen LogP contribution is 2.27. The molecule has 0 fully saturated rings. The Labute approximate surface area is 123 Å². The van der Waals surface area contributed by atoms with E-state index in [0.717, 1.165) is 0 Å². The Kier molecular flexibility index (Phi) is 4.39. The fourth-order valence-corrected chi connectivity index (χ4v) is 1.88. The second kappa shape index (κ2) is 6.23. The molecular formula is C16H16N2O3. The van der Waals surface area contributed by atoms with Crippen molar-refractivity contribution in [3.8, 4) is 17.5 Å². The fourth-order valence-electron chi connectivity index (χ4n) is 1.88. The molecule has 0 bridgehead atoms. The third kappa shape index (κ3) is 3.11. The van der Waals surface area contributed by atoms with E-state index in [4.69, 9.17) is 14.4 Å². The van der Waals surface area contributed by atoms with Crippen LogP contribution in [0.5, 0.6) is 0 Å². The summed E-state index contributed by atoms with van der Waals surface area (Å²) in [5.74, 6) is 0.0336. The Bertz CT molecular complexity index is 679. The normalized spacial score (nSPS) is 10.4. The van der Waals surface area contributed by atoms with Gasteiger partial charge in [-0.05, 0) is 37.1 Å². The van der Waals surface area contributed by atoms with E-state index in [-0.39, 0.29) is 18.3 Å². The van der Waals surface area contributed by atoms with Crippen molar-refractivity contribution in [1.82, 2.24) is 4.98 Å². The van der Waals surface area contributed by atoms with Gasteiger partial charge in [-0.2, -0.15) is 5.26 Å². The summed E-state index contributed by atoms with van der Waals surface area (Å²) in [6.07, 6.45) is 0. The molecule has 0 saturated heterocycles. The quantitative estimate of drug-likeness (QED) is 0.803. The van der Waals surface area contributed by atoms with Gasteiger partial charge in [-0.15, -0.1) is 0 Å². The van der Waals surface area contributed by atoms with Gasteiger partial charge in [0, 0.05) is 5.56 Å². The summed E-state index contributed by atoms with van der Waals surface area (Å²) in [6.45, 7) is 5.89. The molecule has 0 N–H and O–H groups in total. The lowest BCUT2D eigenvalue weighted by Crippen LogP contribution is -2.07. The summed E-state index contributed by atoms with van der Waals surface area (Å²) < 4.78 is 10.6. The van der Waals surface area contributed by atoms with Gasteiger partial charge in [0.05, 0.1) is 23.9 Å². The molecule has 1 aromatic heterocycles. The minimum absolute atomic E-state index is 0.0419. The molecular weight excluding hydrogens is 268 g/mol. The predicted molar refractivity (Wildman–Crippen MR) is 76.7 cm³/mol. The van der Waals surface area contributed by atoms with Crippen LogP contribution in [0.1, 0.15) is 48.5 Å². The van der Waals surface area contributed by atoms with Crippen LogP contribution in [0.3, 0.4) is 0 Å². The van der Waals surface area contributed by atoms with Crippen molar-refractivity contribution in [3.05, 3.63) is 41.3 Å². The number of rotatable bonds is 4. The van der Waals surface area contributed by atoms with Gasteiger partial charge >= 0.3 is 5.97 Å². The zero-order valence-corrected chi connectivity index (χ0v) is 12.2. The number of benzene rings is 1. The van der Waals surface area contributed by atoms with Gasteiger partial charge in [0.2, 0.25) is 11.7 Å². The molecule has 2 rings (SSSR count). The van der Waals surface area contributed by atoms with E-state index in [1.165, 1.54) is 0 Å². The van der Waals surface area contributed by atoms with Gasteiger partial charge in [-0.25, -0.2) is 9.78 Å². The first-order chi connectivity index (χ1) is 10.1. The van der Waals surface area contributed by atoms with Crippen molar-refractivity contribution in [2.24, 2.45) is 0 Å². The standard InChI is InChI=1S/C16H16N2O3/c1-4-20-16(19)14-13(10(2)3)18-15(21-14)12-7-5-11(9-17)6-8-12/h5-8,10H,4H2,1-3H3. The number of hydrogen-bond acceptors (Lipinski definition) is 5. The molecule has 1 heterocycles. The fraction of sp³-hybridized carbons (Fsp3) is 0.312. The van der Waals surface area contributed by atoms with Crippen molar-refractivity contribution in [3.63, 3.8) is 0 Å². The molecule has 0 amide bonds. The summed E-state index contributed by atoms with van der Waals surface area (Å²) in [7, 11) is 0. The molecule has 0 unspecified atom stereocenters. The smallest absolute Gasteiger partial charge is 0.376 e. The number of nitrogens with zero attached hydrogens (tertiary/aromatic N) is 2. The molecule has 21 heavy (non-hydrogen) atoms. The minimum Gasteiger partial charge on any atom is -0.460 e. The van der Waals surface area contributed by atoms with Crippen LogP contribution in [0.2, 0.25) is 0 Å². The van der Waals surface area contributed by atoms with Gasteiger partial charge in [0.1, 0.15) is 0 Å². The molecule has 108 valence electrons. The van der Waals surface area contributed by atoms with Crippen molar-refractivity contribution in [2.75, 3.05) is 6.61 Å². The topological polar surface area (TPSA) is 76.1 Å². The molecule has 1 aromatic carbocycles. The number of nitriles is 1. The van der Waals surface area contributed by atoms with Gasteiger partial charge in [0.15, 0.2) is 0 Å². The first-order valence-corrected chi connectivity index (χ1v) is 6.75. The second-order valence-corrected chi connectivity index (χ2v) is 4.80. The number of ether oxygens (including phenoxy) is 1. The Balaban J connectivity index is 2.43. The molecule has 2 aromatic rings. The number of hydrogen-bond donors (Lipinski definition) is 0. The molecule has 0 aliphatic carbocycles. The average Bonchev–Trinajstić information content (AvgIpc) is 2.93. The lowest BCUT2D eigenvalue weighted by Gasteiger charge is -2.02. The molecule has 0 spiro atoms. The first kappa shape index (κ1) is 14.8. The third-order valence-corrected chi connectivity index (χ3v) is 2.92. The molecule has 0 atom stereocenters. The van der Waals surface area contributed by atoms with Crippen molar-refractivity contribution in [1.29, 1.82) is 5.26 Å². The van der Waals surface area contributed by atoms with Crippen molar-refractivity contribution < 1.29 is 13.9 Å². The minimum atomic E-state index is -0.506. The predicted octanol–water partition coefficient (Wildman–Crippen LogP) is 3.51. The summed E-state index contributed by atoms with van der Waals surface area (Å²) >= 11 is 0. The highest BCUT2D eigenvalue weighted by molar-refractivity contribution is 5.88. The van der Waals surface area contributed by atoms with E-state index < -0.39 is 5.97 Å². The van der Waals surface area contributed by atoms with Crippen LogP contribution < -0.4 is 0 Å². The van der Waals surface area contributed by atoms with E-state index in [1.54, 1.807) is 31.2 Å².